The van der Waals surface area contributed by atoms with Gasteiger partial charge in [-0.15, -0.1) is 0 Å². The van der Waals surface area contributed by atoms with Gasteiger partial charge in [0.05, 0.1) is 18.2 Å². The minimum atomic E-state index is -4.35. The van der Waals surface area contributed by atoms with Gasteiger partial charge in [0.15, 0.2) is 0 Å². The highest BCUT2D eigenvalue weighted by molar-refractivity contribution is 5.89. The molecule has 2 aromatic carbocycles. The topological polar surface area (TPSA) is 35.5 Å². The summed E-state index contributed by atoms with van der Waals surface area (Å²) in [5.74, 6) is -0.0530. The number of esters is 1. The number of rotatable bonds is 4. The fourth-order valence-corrected chi connectivity index (χ4v) is 1.79. The van der Waals surface area contributed by atoms with Crippen LogP contribution in [-0.4, -0.2) is 13.1 Å². The highest BCUT2D eigenvalue weighted by Crippen LogP contribution is 2.29. The number of benzene rings is 2. The van der Waals surface area contributed by atoms with Crippen LogP contribution in [0.1, 0.15) is 21.5 Å². The van der Waals surface area contributed by atoms with Crippen LogP contribution in [0.25, 0.3) is 0 Å². The van der Waals surface area contributed by atoms with E-state index in [1.54, 1.807) is 18.2 Å². The quantitative estimate of drug-likeness (QED) is 0.799. The molecule has 6 heteroatoms. The Morgan fingerprint density at radius 3 is 2.36 bits per heavy atom. The first kappa shape index (κ1) is 15.9. The van der Waals surface area contributed by atoms with Crippen molar-refractivity contribution in [2.24, 2.45) is 0 Å². The van der Waals surface area contributed by atoms with Gasteiger partial charge in [0.2, 0.25) is 0 Å². The largest absolute Gasteiger partial charge is 0.489 e. The molecule has 0 fully saturated rings. The number of ether oxygens (including phenoxy) is 2. The number of alkyl halides is 3. The lowest BCUT2D eigenvalue weighted by Crippen LogP contribution is -2.05. The van der Waals surface area contributed by atoms with Crippen LogP contribution in [0.5, 0.6) is 5.75 Å². The summed E-state index contributed by atoms with van der Waals surface area (Å²) in [5, 5.41) is 0. The molecule has 0 aliphatic rings. The van der Waals surface area contributed by atoms with Gasteiger partial charge in [-0.2, -0.15) is 13.2 Å². The normalized spacial score (nSPS) is 11.1. The molecule has 0 aromatic heterocycles. The zero-order valence-electron chi connectivity index (χ0n) is 11.7. The fraction of sp³-hybridized carbons (Fsp3) is 0.188. The second-order valence-corrected chi connectivity index (χ2v) is 4.50. The van der Waals surface area contributed by atoms with E-state index < -0.39 is 17.7 Å². The summed E-state index contributed by atoms with van der Waals surface area (Å²) in [6.07, 6.45) is -4.35. The van der Waals surface area contributed by atoms with E-state index in [4.69, 9.17) is 4.74 Å². The predicted molar refractivity (Wildman–Crippen MR) is 73.6 cm³/mol. The SMILES string of the molecule is COC(=O)c1cccc(OCc2ccc(C(F)(F)F)cc2)c1. The molecule has 2 aromatic rings. The van der Waals surface area contributed by atoms with Crippen molar-refractivity contribution >= 4 is 5.97 Å². The van der Waals surface area contributed by atoms with Crippen molar-refractivity contribution < 1.29 is 27.4 Å². The molecule has 0 unspecified atom stereocenters. The molecule has 2 rings (SSSR count). The summed E-state index contributed by atoms with van der Waals surface area (Å²) in [4.78, 5) is 11.4. The highest BCUT2D eigenvalue weighted by atomic mass is 19.4. The van der Waals surface area contributed by atoms with Crippen LogP contribution in [0, 0.1) is 0 Å². The van der Waals surface area contributed by atoms with Crippen molar-refractivity contribution in [3.05, 3.63) is 65.2 Å². The van der Waals surface area contributed by atoms with Crippen molar-refractivity contribution in [1.82, 2.24) is 0 Å². The van der Waals surface area contributed by atoms with Crippen LogP contribution in [0.3, 0.4) is 0 Å². The molecule has 0 radical (unpaired) electrons. The van der Waals surface area contributed by atoms with Crippen molar-refractivity contribution in [1.29, 1.82) is 0 Å². The second-order valence-electron chi connectivity index (χ2n) is 4.50. The molecule has 0 amide bonds. The first-order valence-corrected chi connectivity index (χ1v) is 6.37. The zero-order valence-corrected chi connectivity index (χ0v) is 11.7. The number of hydrogen-bond donors (Lipinski definition) is 0. The molecule has 0 aliphatic carbocycles. The standard InChI is InChI=1S/C16H13F3O3/c1-21-15(20)12-3-2-4-14(9-12)22-10-11-5-7-13(8-6-11)16(17,18)19/h2-9H,10H2,1H3. The molecular weight excluding hydrogens is 297 g/mol. The molecule has 0 atom stereocenters. The summed E-state index contributed by atoms with van der Waals surface area (Å²) in [6.45, 7) is 0.1000. The summed E-state index contributed by atoms with van der Waals surface area (Å²) in [6, 6.07) is 11.1. The maximum Gasteiger partial charge on any atom is 0.416 e. The van der Waals surface area contributed by atoms with E-state index in [2.05, 4.69) is 4.74 Å². The van der Waals surface area contributed by atoms with E-state index >= 15 is 0 Å². The van der Waals surface area contributed by atoms with Crippen LogP contribution in [0.15, 0.2) is 48.5 Å². The van der Waals surface area contributed by atoms with E-state index in [0.717, 1.165) is 12.1 Å². The fourth-order valence-electron chi connectivity index (χ4n) is 1.79. The number of hydrogen-bond acceptors (Lipinski definition) is 3. The third-order valence-corrected chi connectivity index (χ3v) is 2.94. The second kappa shape index (κ2) is 6.51. The van der Waals surface area contributed by atoms with Crippen LogP contribution in [-0.2, 0) is 17.5 Å². The molecule has 3 nitrogen and oxygen atoms in total. The van der Waals surface area contributed by atoms with E-state index in [1.165, 1.54) is 25.3 Å². The Bertz CT molecular complexity index is 648. The van der Waals surface area contributed by atoms with E-state index in [1.807, 2.05) is 0 Å². The molecule has 22 heavy (non-hydrogen) atoms. The Hall–Kier alpha value is -2.50. The van der Waals surface area contributed by atoms with Gasteiger partial charge in [-0.1, -0.05) is 18.2 Å². The van der Waals surface area contributed by atoms with Crippen LogP contribution < -0.4 is 4.74 Å². The number of methoxy groups -OCH3 is 1. The summed E-state index contributed by atoms with van der Waals surface area (Å²) < 4.78 is 47.4. The molecule has 0 saturated carbocycles. The van der Waals surface area contributed by atoms with Gasteiger partial charge >= 0.3 is 12.1 Å². The van der Waals surface area contributed by atoms with Gasteiger partial charge in [0, 0.05) is 0 Å². The minimum absolute atomic E-state index is 0.1000. The summed E-state index contributed by atoms with van der Waals surface area (Å²) >= 11 is 0. The molecule has 116 valence electrons. The lowest BCUT2D eigenvalue weighted by molar-refractivity contribution is -0.137. The van der Waals surface area contributed by atoms with Gasteiger partial charge in [-0.05, 0) is 35.9 Å². The lowest BCUT2D eigenvalue weighted by Gasteiger charge is -2.09. The van der Waals surface area contributed by atoms with Crippen LogP contribution in [0.2, 0.25) is 0 Å². The Kier molecular flexibility index (Phi) is 4.70. The zero-order chi connectivity index (χ0) is 16.2. The third-order valence-electron chi connectivity index (χ3n) is 2.94. The van der Waals surface area contributed by atoms with E-state index in [9.17, 15) is 18.0 Å². The van der Waals surface area contributed by atoms with E-state index in [0.29, 0.717) is 16.9 Å². The molecular formula is C16H13F3O3. The van der Waals surface area contributed by atoms with Gasteiger partial charge in [-0.25, -0.2) is 4.79 Å². The Labute approximate surface area is 125 Å². The van der Waals surface area contributed by atoms with Gasteiger partial charge in [-0.3, -0.25) is 0 Å². The Balaban J connectivity index is 2.03. The van der Waals surface area contributed by atoms with Crippen LogP contribution in [0.4, 0.5) is 13.2 Å². The van der Waals surface area contributed by atoms with Crippen molar-refractivity contribution in [2.45, 2.75) is 12.8 Å². The predicted octanol–water partition coefficient (Wildman–Crippen LogP) is 4.07. The minimum Gasteiger partial charge on any atom is -0.489 e. The third kappa shape index (κ3) is 4.00. The first-order chi connectivity index (χ1) is 10.4. The van der Waals surface area contributed by atoms with Crippen molar-refractivity contribution in [2.75, 3.05) is 7.11 Å². The van der Waals surface area contributed by atoms with Crippen LogP contribution >= 0.6 is 0 Å². The number of carbonyl (C=O) groups is 1. The van der Waals surface area contributed by atoms with Crippen molar-refractivity contribution in [3.63, 3.8) is 0 Å². The summed E-state index contributed by atoms with van der Waals surface area (Å²) in [5.41, 5.74) is 0.229. The Morgan fingerprint density at radius 1 is 1.09 bits per heavy atom. The maximum absolute atomic E-state index is 12.4. The van der Waals surface area contributed by atoms with E-state index in [-0.39, 0.29) is 6.61 Å². The molecule has 0 saturated heterocycles. The number of halogens is 3. The number of carbonyl (C=O) groups excluding carboxylic acids is 1. The van der Waals surface area contributed by atoms with Gasteiger partial charge in [0.1, 0.15) is 12.4 Å². The average Bonchev–Trinajstić information content (AvgIpc) is 2.52. The first-order valence-electron chi connectivity index (χ1n) is 6.37. The molecule has 0 N–H and O–H groups in total. The lowest BCUT2D eigenvalue weighted by atomic mass is 10.1. The molecule has 0 aliphatic heterocycles. The summed E-state index contributed by atoms with van der Waals surface area (Å²) in [7, 11) is 1.28. The smallest absolute Gasteiger partial charge is 0.416 e. The highest BCUT2D eigenvalue weighted by Gasteiger charge is 2.29. The van der Waals surface area contributed by atoms with Crippen molar-refractivity contribution in [3.8, 4) is 5.75 Å². The average molecular weight is 310 g/mol. The monoisotopic (exact) mass is 310 g/mol. The van der Waals surface area contributed by atoms with Gasteiger partial charge < -0.3 is 9.47 Å². The molecule has 0 heterocycles. The Morgan fingerprint density at radius 2 is 1.77 bits per heavy atom. The maximum atomic E-state index is 12.4. The van der Waals surface area contributed by atoms with Gasteiger partial charge in [0.25, 0.3) is 0 Å². The molecule has 0 spiro atoms. The molecule has 0 bridgehead atoms.